The minimum atomic E-state index is 0.0160. The van der Waals surface area contributed by atoms with Gasteiger partial charge in [0.05, 0.1) is 6.04 Å². The SMILES string of the molecule is CC(C(=O)NC(CN(C)C)c1ccccc1)=C1CNC1. The van der Waals surface area contributed by atoms with E-state index in [9.17, 15) is 4.79 Å². The fraction of sp³-hybridized carbons (Fsp3) is 0.438. The summed E-state index contributed by atoms with van der Waals surface area (Å²) in [4.78, 5) is 14.4. The molecule has 4 heteroatoms. The summed E-state index contributed by atoms with van der Waals surface area (Å²) in [6.07, 6.45) is 0. The van der Waals surface area contributed by atoms with E-state index in [1.165, 1.54) is 5.57 Å². The van der Waals surface area contributed by atoms with Gasteiger partial charge in [-0.2, -0.15) is 0 Å². The van der Waals surface area contributed by atoms with Gasteiger partial charge in [0.25, 0.3) is 0 Å². The van der Waals surface area contributed by atoms with Crippen molar-refractivity contribution in [1.82, 2.24) is 15.5 Å². The Bertz CT molecular complexity index is 488. The molecule has 108 valence electrons. The summed E-state index contributed by atoms with van der Waals surface area (Å²) in [5.74, 6) is 0.0391. The molecule has 2 rings (SSSR count). The summed E-state index contributed by atoms with van der Waals surface area (Å²) in [7, 11) is 4.03. The Morgan fingerprint density at radius 1 is 1.30 bits per heavy atom. The van der Waals surface area contributed by atoms with Gasteiger partial charge in [-0.3, -0.25) is 4.79 Å². The van der Waals surface area contributed by atoms with E-state index in [2.05, 4.69) is 27.7 Å². The first-order valence-corrected chi connectivity index (χ1v) is 6.98. The Morgan fingerprint density at radius 3 is 2.45 bits per heavy atom. The van der Waals surface area contributed by atoms with Crippen LogP contribution in [0, 0.1) is 0 Å². The largest absolute Gasteiger partial charge is 0.344 e. The van der Waals surface area contributed by atoms with Crippen molar-refractivity contribution in [2.75, 3.05) is 33.7 Å². The van der Waals surface area contributed by atoms with Crippen LogP contribution >= 0.6 is 0 Å². The van der Waals surface area contributed by atoms with Gasteiger partial charge < -0.3 is 15.5 Å². The number of hydrogen-bond acceptors (Lipinski definition) is 3. The molecule has 1 fully saturated rings. The zero-order valence-corrected chi connectivity index (χ0v) is 12.4. The maximum absolute atomic E-state index is 12.3. The fourth-order valence-electron chi connectivity index (χ4n) is 2.23. The number of nitrogens with zero attached hydrogens (tertiary/aromatic N) is 1. The predicted molar refractivity (Wildman–Crippen MR) is 81.4 cm³/mol. The van der Waals surface area contributed by atoms with Crippen LogP contribution in [-0.2, 0) is 4.79 Å². The van der Waals surface area contributed by atoms with Gasteiger partial charge in [0.15, 0.2) is 0 Å². The van der Waals surface area contributed by atoms with E-state index < -0.39 is 0 Å². The Labute approximate surface area is 120 Å². The summed E-state index contributed by atoms with van der Waals surface area (Å²) in [6, 6.07) is 10.1. The van der Waals surface area contributed by atoms with Crippen LogP contribution in [-0.4, -0.2) is 44.5 Å². The minimum Gasteiger partial charge on any atom is -0.344 e. The molecule has 1 heterocycles. The van der Waals surface area contributed by atoms with Crippen molar-refractivity contribution in [2.45, 2.75) is 13.0 Å². The molecular weight excluding hydrogens is 250 g/mol. The van der Waals surface area contributed by atoms with Crippen molar-refractivity contribution in [1.29, 1.82) is 0 Å². The number of amides is 1. The number of hydrogen-bond donors (Lipinski definition) is 2. The number of carbonyl (C=O) groups excluding carboxylic acids is 1. The molecule has 1 aromatic rings. The Balaban J connectivity index is 2.10. The molecule has 0 radical (unpaired) electrons. The first kappa shape index (κ1) is 14.8. The highest BCUT2D eigenvalue weighted by Gasteiger charge is 2.20. The highest BCUT2D eigenvalue weighted by molar-refractivity contribution is 5.94. The van der Waals surface area contributed by atoms with Crippen molar-refractivity contribution < 1.29 is 4.79 Å². The second-order valence-electron chi connectivity index (χ2n) is 5.53. The lowest BCUT2D eigenvalue weighted by atomic mass is 10.0. The molecule has 1 aliphatic rings. The predicted octanol–water partition coefficient (Wildman–Crippen LogP) is 1.33. The van der Waals surface area contributed by atoms with E-state index in [4.69, 9.17) is 0 Å². The monoisotopic (exact) mass is 273 g/mol. The van der Waals surface area contributed by atoms with Gasteiger partial charge in [0, 0.05) is 25.2 Å². The molecule has 1 atom stereocenters. The van der Waals surface area contributed by atoms with Gasteiger partial charge in [-0.25, -0.2) is 0 Å². The highest BCUT2D eigenvalue weighted by Crippen LogP contribution is 2.16. The molecule has 4 nitrogen and oxygen atoms in total. The van der Waals surface area contributed by atoms with Crippen molar-refractivity contribution in [2.24, 2.45) is 0 Å². The van der Waals surface area contributed by atoms with Crippen LogP contribution in [0.3, 0.4) is 0 Å². The number of carbonyl (C=O) groups is 1. The third-order valence-corrected chi connectivity index (χ3v) is 3.60. The van der Waals surface area contributed by atoms with E-state index in [1.54, 1.807) is 0 Å². The van der Waals surface area contributed by atoms with Gasteiger partial charge in [-0.05, 0) is 32.2 Å². The van der Waals surface area contributed by atoms with E-state index in [1.807, 2.05) is 39.2 Å². The first-order valence-electron chi connectivity index (χ1n) is 6.98. The molecule has 0 spiro atoms. The van der Waals surface area contributed by atoms with Crippen LogP contribution in [0.1, 0.15) is 18.5 Å². The Morgan fingerprint density at radius 2 is 1.95 bits per heavy atom. The summed E-state index contributed by atoms with van der Waals surface area (Å²) < 4.78 is 0. The lowest BCUT2D eigenvalue weighted by Gasteiger charge is -2.25. The maximum Gasteiger partial charge on any atom is 0.247 e. The molecule has 1 unspecified atom stereocenters. The van der Waals surface area contributed by atoms with Crippen LogP contribution in [0.2, 0.25) is 0 Å². The van der Waals surface area contributed by atoms with Crippen LogP contribution in [0.25, 0.3) is 0 Å². The molecule has 1 saturated heterocycles. The number of nitrogens with one attached hydrogen (secondary N) is 2. The number of rotatable bonds is 5. The van der Waals surface area contributed by atoms with Crippen molar-refractivity contribution in [3.8, 4) is 0 Å². The molecule has 20 heavy (non-hydrogen) atoms. The molecule has 1 aromatic carbocycles. The minimum absolute atomic E-state index is 0.0160. The molecule has 1 aliphatic heterocycles. The van der Waals surface area contributed by atoms with Crippen molar-refractivity contribution in [3.63, 3.8) is 0 Å². The third-order valence-electron chi connectivity index (χ3n) is 3.60. The van der Waals surface area contributed by atoms with Crippen LogP contribution in [0.4, 0.5) is 0 Å². The zero-order valence-electron chi connectivity index (χ0n) is 12.4. The molecule has 0 saturated carbocycles. The average molecular weight is 273 g/mol. The smallest absolute Gasteiger partial charge is 0.247 e. The van der Waals surface area contributed by atoms with Gasteiger partial charge in [-0.1, -0.05) is 30.3 Å². The van der Waals surface area contributed by atoms with Gasteiger partial charge in [0.1, 0.15) is 0 Å². The number of likely N-dealkylation sites (N-methyl/N-ethyl adjacent to an activating group) is 1. The van der Waals surface area contributed by atoms with Gasteiger partial charge in [-0.15, -0.1) is 0 Å². The maximum atomic E-state index is 12.3. The molecule has 1 amide bonds. The second kappa shape index (κ2) is 6.68. The summed E-state index contributed by atoms with van der Waals surface area (Å²) in [6.45, 7) is 4.37. The van der Waals surface area contributed by atoms with Gasteiger partial charge >= 0.3 is 0 Å². The van der Waals surface area contributed by atoms with Crippen LogP contribution in [0.15, 0.2) is 41.5 Å². The summed E-state index contributed by atoms with van der Waals surface area (Å²) in [5.41, 5.74) is 3.20. The summed E-state index contributed by atoms with van der Waals surface area (Å²) in [5, 5.41) is 6.32. The Kier molecular flexibility index (Phi) is 4.93. The molecular formula is C16H23N3O. The van der Waals surface area contributed by atoms with E-state index >= 15 is 0 Å². The fourth-order valence-corrected chi connectivity index (χ4v) is 2.23. The molecule has 0 bridgehead atoms. The lowest BCUT2D eigenvalue weighted by molar-refractivity contribution is -0.118. The average Bonchev–Trinajstić information content (AvgIpc) is 2.36. The molecule has 0 aliphatic carbocycles. The Hall–Kier alpha value is -1.65. The quantitative estimate of drug-likeness (QED) is 0.795. The molecule has 0 aromatic heterocycles. The van der Waals surface area contributed by atoms with Crippen molar-refractivity contribution >= 4 is 5.91 Å². The van der Waals surface area contributed by atoms with Crippen molar-refractivity contribution in [3.05, 3.63) is 47.0 Å². The first-order chi connectivity index (χ1) is 9.58. The lowest BCUT2D eigenvalue weighted by Crippen LogP contribution is -2.40. The van der Waals surface area contributed by atoms with Crippen LogP contribution in [0.5, 0.6) is 0 Å². The topological polar surface area (TPSA) is 44.4 Å². The van der Waals surface area contributed by atoms with E-state index in [0.29, 0.717) is 0 Å². The second-order valence-corrected chi connectivity index (χ2v) is 5.53. The number of benzene rings is 1. The van der Waals surface area contributed by atoms with E-state index in [0.717, 1.165) is 30.8 Å². The van der Waals surface area contributed by atoms with E-state index in [-0.39, 0.29) is 11.9 Å². The normalized spacial score (nSPS) is 15.7. The highest BCUT2D eigenvalue weighted by atomic mass is 16.1. The molecule has 2 N–H and O–H groups in total. The summed E-state index contributed by atoms with van der Waals surface area (Å²) >= 11 is 0. The van der Waals surface area contributed by atoms with Crippen LogP contribution < -0.4 is 10.6 Å². The standard InChI is InChI=1S/C16H23N3O/c1-12(14-9-17-10-14)16(20)18-15(11-19(2)3)13-7-5-4-6-8-13/h4-8,15,17H,9-11H2,1-3H3,(H,18,20). The zero-order chi connectivity index (χ0) is 14.5. The third kappa shape index (κ3) is 3.68. The van der Waals surface area contributed by atoms with Gasteiger partial charge in [0.2, 0.25) is 5.91 Å².